The molecule has 1 saturated heterocycles. The fourth-order valence-electron chi connectivity index (χ4n) is 2.05. The molecular weight excluding hydrogens is 280 g/mol. The van der Waals surface area contributed by atoms with Crippen LogP contribution in [0, 0.1) is 0 Å². The Morgan fingerprint density at radius 1 is 1.55 bits per heavy atom. The molecule has 1 aliphatic heterocycles. The Morgan fingerprint density at radius 2 is 2.25 bits per heavy atom. The second kappa shape index (κ2) is 5.63. The molecule has 2 amide bonds. The number of anilines is 2. The van der Waals surface area contributed by atoms with Gasteiger partial charge in [0.1, 0.15) is 10.7 Å². The number of nitrogens with two attached hydrogens (primary N) is 3. The van der Waals surface area contributed by atoms with Crippen LogP contribution in [-0.4, -0.2) is 54.4 Å². The Labute approximate surface area is 120 Å². The van der Waals surface area contributed by atoms with Crippen LogP contribution in [0.1, 0.15) is 16.1 Å². The average Bonchev–Trinajstić information content (AvgIpc) is 2.93. The number of hydrogen-bond donors (Lipinski definition) is 3. The molecule has 0 aromatic carbocycles. The van der Waals surface area contributed by atoms with Crippen molar-refractivity contribution in [2.24, 2.45) is 11.5 Å². The molecule has 1 unspecified atom stereocenters. The number of thiazole rings is 1. The maximum Gasteiger partial charge on any atom is 0.268 e. The number of aromatic nitrogens is 1. The van der Waals surface area contributed by atoms with E-state index in [9.17, 15) is 9.59 Å². The van der Waals surface area contributed by atoms with Gasteiger partial charge in [-0.1, -0.05) is 11.3 Å². The van der Waals surface area contributed by atoms with Crippen LogP contribution in [0.4, 0.5) is 10.9 Å². The van der Waals surface area contributed by atoms with Gasteiger partial charge in [0.2, 0.25) is 5.91 Å². The van der Waals surface area contributed by atoms with Gasteiger partial charge in [-0.15, -0.1) is 0 Å². The summed E-state index contributed by atoms with van der Waals surface area (Å²) in [7, 11) is 1.50. The van der Waals surface area contributed by atoms with Gasteiger partial charge in [0.15, 0.2) is 5.13 Å². The molecular formula is C11H18N6O2S. The smallest absolute Gasteiger partial charge is 0.268 e. The molecule has 1 fully saturated rings. The van der Waals surface area contributed by atoms with Crippen molar-refractivity contribution in [2.45, 2.75) is 12.5 Å². The summed E-state index contributed by atoms with van der Waals surface area (Å²) in [4.78, 5) is 30.8. The zero-order valence-corrected chi connectivity index (χ0v) is 12.0. The van der Waals surface area contributed by atoms with Crippen molar-refractivity contribution in [1.82, 2.24) is 9.88 Å². The lowest BCUT2D eigenvalue weighted by Gasteiger charge is -2.14. The normalized spacial score (nSPS) is 18.3. The van der Waals surface area contributed by atoms with Crippen LogP contribution in [0.2, 0.25) is 0 Å². The number of primary amides is 1. The first-order valence-electron chi connectivity index (χ1n) is 6.19. The minimum Gasteiger partial charge on any atom is -0.382 e. The van der Waals surface area contributed by atoms with Crippen LogP contribution in [0.15, 0.2) is 0 Å². The van der Waals surface area contributed by atoms with E-state index >= 15 is 0 Å². The summed E-state index contributed by atoms with van der Waals surface area (Å²) in [5.74, 6) is -0.755. The van der Waals surface area contributed by atoms with Gasteiger partial charge in [0.05, 0.1) is 6.54 Å². The third-order valence-electron chi connectivity index (χ3n) is 3.07. The molecule has 1 aromatic heterocycles. The van der Waals surface area contributed by atoms with E-state index in [2.05, 4.69) is 4.98 Å². The molecule has 0 spiro atoms. The van der Waals surface area contributed by atoms with Gasteiger partial charge >= 0.3 is 0 Å². The van der Waals surface area contributed by atoms with Gasteiger partial charge in [-0.2, -0.15) is 0 Å². The number of carbonyl (C=O) groups is 2. The van der Waals surface area contributed by atoms with Crippen LogP contribution in [-0.2, 0) is 4.79 Å². The zero-order chi connectivity index (χ0) is 14.9. The number of nitrogen functional groups attached to an aromatic ring is 1. The average molecular weight is 298 g/mol. The summed E-state index contributed by atoms with van der Waals surface area (Å²) in [5, 5.41) is 0.686. The molecule has 9 heteroatoms. The Balaban J connectivity index is 2.15. The lowest BCUT2D eigenvalue weighted by atomic mass is 10.3. The van der Waals surface area contributed by atoms with E-state index in [1.807, 2.05) is 4.90 Å². The molecule has 0 bridgehead atoms. The molecule has 1 atom stereocenters. The minimum absolute atomic E-state index is 0.122. The number of likely N-dealkylation sites (N-methyl/N-ethyl adjacent to an activating group) is 1. The standard InChI is InChI=1S/C11H18N6O2S/c1-16(5-7(13)18)10(19)8-9(14)15-11(20-8)17-3-2-6(12)4-17/h6H,2-5,12,14H2,1H3,(H2,13,18). The molecule has 0 saturated carbocycles. The van der Waals surface area contributed by atoms with Gasteiger partial charge in [-0.3, -0.25) is 9.59 Å². The van der Waals surface area contributed by atoms with Crippen LogP contribution in [0.5, 0.6) is 0 Å². The molecule has 0 aliphatic carbocycles. The second-order valence-electron chi connectivity index (χ2n) is 4.83. The number of nitrogens with zero attached hydrogens (tertiary/aromatic N) is 3. The first-order chi connectivity index (χ1) is 9.38. The van der Waals surface area contributed by atoms with E-state index in [1.165, 1.54) is 23.3 Å². The van der Waals surface area contributed by atoms with Gasteiger partial charge < -0.3 is 27.0 Å². The summed E-state index contributed by atoms with van der Waals surface area (Å²) in [6, 6.07) is 0.122. The Kier molecular flexibility index (Phi) is 4.09. The maximum atomic E-state index is 12.2. The predicted octanol–water partition coefficient (Wildman–Crippen LogP) is -1.18. The van der Waals surface area contributed by atoms with Crippen molar-refractivity contribution in [3.8, 4) is 0 Å². The second-order valence-corrected chi connectivity index (χ2v) is 5.81. The van der Waals surface area contributed by atoms with E-state index in [4.69, 9.17) is 17.2 Å². The highest BCUT2D eigenvalue weighted by Gasteiger charge is 2.26. The third kappa shape index (κ3) is 2.99. The Hall–Kier alpha value is -1.87. The van der Waals surface area contributed by atoms with Crippen molar-refractivity contribution in [2.75, 3.05) is 37.3 Å². The molecule has 6 N–H and O–H groups in total. The number of hydrogen-bond acceptors (Lipinski definition) is 7. The number of amides is 2. The monoisotopic (exact) mass is 298 g/mol. The molecule has 110 valence electrons. The molecule has 1 aromatic rings. The number of carbonyl (C=O) groups excluding carboxylic acids is 2. The van der Waals surface area contributed by atoms with Crippen LogP contribution >= 0.6 is 11.3 Å². The van der Waals surface area contributed by atoms with E-state index in [0.29, 0.717) is 16.6 Å². The first-order valence-corrected chi connectivity index (χ1v) is 7.00. The fourth-order valence-corrected chi connectivity index (χ4v) is 3.06. The van der Waals surface area contributed by atoms with Crippen LogP contribution in [0.3, 0.4) is 0 Å². The van der Waals surface area contributed by atoms with E-state index < -0.39 is 5.91 Å². The van der Waals surface area contributed by atoms with Crippen molar-refractivity contribution in [1.29, 1.82) is 0 Å². The van der Waals surface area contributed by atoms with E-state index in [-0.39, 0.29) is 24.3 Å². The molecule has 20 heavy (non-hydrogen) atoms. The highest BCUT2D eigenvalue weighted by Crippen LogP contribution is 2.30. The van der Waals surface area contributed by atoms with E-state index in [0.717, 1.165) is 13.0 Å². The Bertz CT molecular complexity index is 531. The molecule has 2 rings (SSSR count). The van der Waals surface area contributed by atoms with E-state index in [1.54, 1.807) is 0 Å². The summed E-state index contributed by atoms with van der Waals surface area (Å²) in [6.07, 6.45) is 0.893. The SMILES string of the molecule is CN(CC(N)=O)C(=O)c1sc(N2CCC(N)C2)nc1N. The van der Waals surface area contributed by atoms with Gasteiger partial charge in [-0.25, -0.2) is 4.98 Å². The first kappa shape index (κ1) is 14.5. The fraction of sp³-hybridized carbons (Fsp3) is 0.545. The molecule has 2 heterocycles. The Morgan fingerprint density at radius 3 is 2.80 bits per heavy atom. The minimum atomic E-state index is -0.574. The zero-order valence-electron chi connectivity index (χ0n) is 11.2. The van der Waals surface area contributed by atoms with Crippen molar-refractivity contribution in [3.63, 3.8) is 0 Å². The van der Waals surface area contributed by atoms with Crippen molar-refractivity contribution < 1.29 is 9.59 Å². The van der Waals surface area contributed by atoms with Crippen LogP contribution in [0.25, 0.3) is 0 Å². The lowest BCUT2D eigenvalue weighted by molar-refractivity contribution is -0.118. The molecule has 0 radical (unpaired) electrons. The summed E-state index contributed by atoms with van der Waals surface area (Å²) < 4.78 is 0. The molecule has 1 aliphatic rings. The topological polar surface area (TPSA) is 132 Å². The largest absolute Gasteiger partial charge is 0.382 e. The summed E-state index contributed by atoms with van der Waals surface area (Å²) in [5.41, 5.74) is 16.7. The van der Waals surface area contributed by atoms with Gasteiger partial charge in [0.25, 0.3) is 5.91 Å². The summed E-state index contributed by atoms with van der Waals surface area (Å²) in [6.45, 7) is 1.36. The maximum absolute atomic E-state index is 12.2. The predicted molar refractivity (Wildman–Crippen MR) is 77.5 cm³/mol. The lowest BCUT2D eigenvalue weighted by Crippen LogP contribution is -2.35. The van der Waals surface area contributed by atoms with Gasteiger partial charge in [-0.05, 0) is 6.42 Å². The third-order valence-corrected chi connectivity index (χ3v) is 4.19. The highest BCUT2D eigenvalue weighted by molar-refractivity contribution is 7.18. The van der Waals surface area contributed by atoms with Crippen molar-refractivity contribution >= 4 is 34.1 Å². The molecule has 8 nitrogen and oxygen atoms in total. The van der Waals surface area contributed by atoms with Crippen LogP contribution < -0.4 is 22.1 Å². The quantitative estimate of drug-likeness (QED) is 0.641. The summed E-state index contributed by atoms with van der Waals surface area (Å²) >= 11 is 1.21. The van der Waals surface area contributed by atoms with Crippen molar-refractivity contribution in [3.05, 3.63) is 4.88 Å². The highest BCUT2D eigenvalue weighted by atomic mass is 32.1. The number of rotatable bonds is 4. The van der Waals surface area contributed by atoms with Gasteiger partial charge in [0, 0.05) is 26.2 Å².